The Labute approximate surface area is 37.7 Å². The summed E-state index contributed by atoms with van der Waals surface area (Å²) in [5.41, 5.74) is 5.42. The first-order valence-corrected chi connectivity index (χ1v) is 2.22. The van der Waals surface area contributed by atoms with Crippen LogP contribution in [0.5, 0.6) is 0 Å². The van der Waals surface area contributed by atoms with Crippen molar-refractivity contribution in [3.05, 3.63) is 6.54 Å². The van der Waals surface area contributed by atoms with Crippen LogP contribution in [0.15, 0.2) is 0 Å². The van der Waals surface area contributed by atoms with Crippen molar-refractivity contribution in [2.24, 2.45) is 5.73 Å². The summed E-state index contributed by atoms with van der Waals surface area (Å²) in [6.45, 7) is 2.99. The van der Waals surface area contributed by atoms with E-state index < -0.39 is 0 Å². The second kappa shape index (κ2) is 1.58. The molecular weight excluding hydrogens is 76.1 g/mol. The van der Waals surface area contributed by atoms with E-state index in [1.54, 1.807) is 0 Å². The fourth-order valence-electron chi connectivity index (χ4n) is 0.568. The van der Waals surface area contributed by atoms with Crippen molar-refractivity contribution >= 4 is 0 Å². The summed E-state index contributed by atoms with van der Waals surface area (Å²) in [7, 11) is 0. The van der Waals surface area contributed by atoms with E-state index in [1.165, 1.54) is 0 Å². The second-order valence-electron chi connectivity index (χ2n) is 1.57. The van der Waals surface area contributed by atoms with Crippen molar-refractivity contribution in [2.75, 3.05) is 6.54 Å². The molecule has 0 aromatic rings. The SMILES string of the molecule is NC1[CH]NCC1. The van der Waals surface area contributed by atoms with Gasteiger partial charge in [-0.3, -0.25) is 0 Å². The van der Waals surface area contributed by atoms with E-state index in [9.17, 15) is 0 Å². The van der Waals surface area contributed by atoms with E-state index in [0.717, 1.165) is 13.0 Å². The zero-order valence-electron chi connectivity index (χ0n) is 3.65. The summed E-state index contributed by atoms with van der Waals surface area (Å²) in [6, 6.07) is 0.310. The third-order valence-electron chi connectivity index (χ3n) is 0.954. The zero-order chi connectivity index (χ0) is 4.41. The van der Waals surface area contributed by atoms with E-state index in [4.69, 9.17) is 5.73 Å². The van der Waals surface area contributed by atoms with Crippen LogP contribution in [0.1, 0.15) is 6.42 Å². The van der Waals surface area contributed by atoms with Crippen molar-refractivity contribution < 1.29 is 0 Å². The van der Waals surface area contributed by atoms with Gasteiger partial charge in [0.2, 0.25) is 0 Å². The van der Waals surface area contributed by atoms with E-state index in [-0.39, 0.29) is 0 Å². The molecule has 35 valence electrons. The van der Waals surface area contributed by atoms with Crippen LogP contribution >= 0.6 is 0 Å². The van der Waals surface area contributed by atoms with Gasteiger partial charge in [-0.2, -0.15) is 0 Å². The highest BCUT2D eigenvalue weighted by Gasteiger charge is 2.07. The summed E-state index contributed by atoms with van der Waals surface area (Å²) >= 11 is 0. The monoisotopic (exact) mass is 85.1 g/mol. The number of hydrogen-bond donors (Lipinski definition) is 2. The predicted octanol–water partition coefficient (Wildman–Crippen LogP) is -0.531. The predicted molar refractivity (Wildman–Crippen MR) is 24.9 cm³/mol. The maximum atomic E-state index is 5.42. The van der Waals surface area contributed by atoms with Crippen molar-refractivity contribution in [3.8, 4) is 0 Å². The van der Waals surface area contributed by atoms with Gasteiger partial charge in [0.25, 0.3) is 0 Å². The van der Waals surface area contributed by atoms with E-state index in [2.05, 4.69) is 5.32 Å². The molecule has 1 unspecified atom stereocenters. The highest BCUT2D eigenvalue weighted by Crippen LogP contribution is 1.95. The molecule has 1 radical (unpaired) electrons. The molecule has 0 bridgehead atoms. The van der Waals surface area contributed by atoms with Crippen molar-refractivity contribution in [2.45, 2.75) is 12.5 Å². The molecule has 3 N–H and O–H groups in total. The standard InChI is InChI=1S/C4H9N2/c5-4-1-2-6-3-4/h3-4,6H,1-2,5H2. The third-order valence-corrected chi connectivity index (χ3v) is 0.954. The van der Waals surface area contributed by atoms with Crippen molar-refractivity contribution in [3.63, 3.8) is 0 Å². The summed E-state index contributed by atoms with van der Waals surface area (Å²) in [6.07, 6.45) is 1.10. The van der Waals surface area contributed by atoms with Crippen LogP contribution < -0.4 is 11.1 Å². The summed E-state index contributed by atoms with van der Waals surface area (Å²) in [5.74, 6) is 0. The van der Waals surface area contributed by atoms with Gasteiger partial charge in [-0.05, 0) is 13.0 Å². The van der Waals surface area contributed by atoms with E-state index in [1.807, 2.05) is 6.54 Å². The van der Waals surface area contributed by atoms with Crippen LogP contribution in [0.25, 0.3) is 0 Å². The lowest BCUT2D eigenvalue weighted by atomic mass is 10.3. The normalized spacial score (nSPS) is 34.5. The Morgan fingerprint density at radius 2 is 2.67 bits per heavy atom. The van der Waals surface area contributed by atoms with Crippen LogP contribution in [0.4, 0.5) is 0 Å². The van der Waals surface area contributed by atoms with Crippen molar-refractivity contribution in [1.82, 2.24) is 5.32 Å². The largest absolute Gasteiger partial charge is 0.326 e. The van der Waals surface area contributed by atoms with Gasteiger partial charge in [0.15, 0.2) is 0 Å². The molecule has 6 heavy (non-hydrogen) atoms. The maximum absolute atomic E-state index is 5.42. The Bertz CT molecular complexity index is 38.8. The minimum absolute atomic E-state index is 0.310. The van der Waals surface area contributed by atoms with Crippen LogP contribution in [0, 0.1) is 6.54 Å². The molecule has 1 saturated heterocycles. The molecule has 2 nitrogen and oxygen atoms in total. The molecule has 2 heteroatoms. The highest BCUT2D eigenvalue weighted by atomic mass is 14.9. The average molecular weight is 85.1 g/mol. The molecule has 0 aliphatic carbocycles. The molecule has 1 aliphatic rings. The quantitative estimate of drug-likeness (QED) is 0.415. The van der Waals surface area contributed by atoms with Gasteiger partial charge in [0.1, 0.15) is 0 Å². The van der Waals surface area contributed by atoms with E-state index in [0.29, 0.717) is 6.04 Å². The summed E-state index contributed by atoms with van der Waals surface area (Å²) in [4.78, 5) is 0. The Balaban J connectivity index is 2.18. The topological polar surface area (TPSA) is 38.0 Å². The lowest BCUT2D eigenvalue weighted by Gasteiger charge is -1.91. The first-order chi connectivity index (χ1) is 2.89. The molecule has 1 heterocycles. The number of nitrogens with one attached hydrogen (secondary N) is 1. The molecule has 0 aromatic carbocycles. The van der Waals surface area contributed by atoms with Gasteiger partial charge in [-0.1, -0.05) is 0 Å². The Kier molecular flexibility index (Phi) is 1.08. The zero-order valence-corrected chi connectivity index (χ0v) is 3.65. The molecule has 0 spiro atoms. The Morgan fingerprint density at radius 3 is 2.83 bits per heavy atom. The number of nitrogens with two attached hydrogens (primary N) is 1. The van der Waals surface area contributed by atoms with E-state index >= 15 is 0 Å². The fourth-order valence-corrected chi connectivity index (χ4v) is 0.568. The van der Waals surface area contributed by atoms with Gasteiger partial charge < -0.3 is 11.1 Å². The summed E-state index contributed by atoms with van der Waals surface area (Å²) < 4.78 is 0. The van der Waals surface area contributed by atoms with Crippen LogP contribution in [0.2, 0.25) is 0 Å². The van der Waals surface area contributed by atoms with Gasteiger partial charge in [0, 0.05) is 12.6 Å². The number of rotatable bonds is 0. The summed E-state index contributed by atoms with van der Waals surface area (Å²) in [5, 5.41) is 3.02. The number of hydrogen-bond acceptors (Lipinski definition) is 2. The maximum Gasteiger partial charge on any atom is 0.0389 e. The average Bonchev–Trinajstić information content (AvgIpc) is 1.86. The molecule has 1 atom stereocenters. The third kappa shape index (κ3) is 0.698. The van der Waals surface area contributed by atoms with Gasteiger partial charge >= 0.3 is 0 Å². The molecular formula is C4H9N2. The minimum atomic E-state index is 0.310. The Hall–Kier alpha value is -0.0800. The van der Waals surface area contributed by atoms with Crippen molar-refractivity contribution in [1.29, 1.82) is 0 Å². The van der Waals surface area contributed by atoms with Crippen LogP contribution in [-0.4, -0.2) is 12.6 Å². The lowest BCUT2D eigenvalue weighted by molar-refractivity contribution is 0.799. The fraction of sp³-hybridized carbons (Fsp3) is 0.750. The lowest BCUT2D eigenvalue weighted by Crippen LogP contribution is -2.16. The molecule has 1 rings (SSSR count). The smallest absolute Gasteiger partial charge is 0.0389 e. The molecule has 0 amide bonds. The van der Waals surface area contributed by atoms with Crippen LogP contribution in [0.3, 0.4) is 0 Å². The molecule has 0 aromatic heterocycles. The first kappa shape index (κ1) is 4.09. The van der Waals surface area contributed by atoms with Gasteiger partial charge in [-0.15, -0.1) is 0 Å². The van der Waals surface area contributed by atoms with Crippen LogP contribution in [-0.2, 0) is 0 Å². The molecule has 1 aliphatic heterocycles. The molecule has 1 fully saturated rings. The van der Waals surface area contributed by atoms with Gasteiger partial charge in [-0.25, -0.2) is 0 Å². The first-order valence-electron chi connectivity index (χ1n) is 2.22. The minimum Gasteiger partial charge on any atom is -0.326 e. The van der Waals surface area contributed by atoms with Gasteiger partial charge in [0.05, 0.1) is 0 Å². The molecule has 0 saturated carbocycles. The second-order valence-corrected chi connectivity index (χ2v) is 1.57. The highest BCUT2D eigenvalue weighted by molar-refractivity contribution is 4.84. The Morgan fingerprint density at radius 1 is 1.83 bits per heavy atom.